The van der Waals surface area contributed by atoms with Crippen LogP contribution >= 0.6 is 11.8 Å². The van der Waals surface area contributed by atoms with Crippen LogP contribution in [0.2, 0.25) is 0 Å². The number of nitrogens with zero attached hydrogens (tertiary/aromatic N) is 1. The number of rotatable bonds is 8. The summed E-state index contributed by atoms with van der Waals surface area (Å²) in [6, 6.07) is 13.7. The van der Waals surface area contributed by atoms with Crippen LogP contribution in [-0.4, -0.2) is 42.9 Å². The molecule has 166 valence electrons. The first-order chi connectivity index (χ1) is 15.0. The van der Waals surface area contributed by atoms with E-state index >= 15 is 0 Å². The fourth-order valence-corrected chi connectivity index (χ4v) is 4.63. The molecule has 6 heteroatoms. The lowest BCUT2D eigenvalue weighted by Gasteiger charge is -2.19. The molecule has 1 fully saturated rings. The molecule has 0 bridgehead atoms. The molecule has 3 rings (SSSR count). The molecule has 0 spiro atoms. The van der Waals surface area contributed by atoms with E-state index in [1.165, 1.54) is 51.3 Å². The molecule has 2 aromatic rings. The van der Waals surface area contributed by atoms with Gasteiger partial charge in [-0.3, -0.25) is 9.59 Å². The second-order valence-electron chi connectivity index (χ2n) is 8.17. The summed E-state index contributed by atoms with van der Waals surface area (Å²) in [6.07, 6.45) is 6.19. The Morgan fingerprint density at radius 3 is 2.39 bits per heavy atom. The van der Waals surface area contributed by atoms with Crippen molar-refractivity contribution in [3.8, 4) is 0 Å². The number of hydrogen-bond acceptors (Lipinski definition) is 4. The molecule has 0 aliphatic carbocycles. The highest BCUT2D eigenvalue weighted by Crippen LogP contribution is 2.34. The molecule has 0 atom stereocenters. The van der Waals surface area contributed by atoms with Crippen molar-refractivity contribution in [2.75, 3.05) is 31.5 Å². The monoisotopic (exact) mass is 439 g/mol. The number of amides is 2. The Hall–Kier alpha value is -2.31. The Morgan fingerprint density at radius 2 is 1.71 bits per heavy atom. The summed E-state index contributed by atoms with van der Waals surface area (Å²) in [5.41, 5.74) is 2.43. The third-order valence-electron chi connectivity index (χ3n) is 5.44. The maximum atomic E-state index is 12.7. The van der Waals surface area contributed by atoms with Crippen molar-refractivity contribution < 1.29 is 9.59 Å². The largest absolute Gasteiger partial charge is 0.352 e. The van der Waals surface area contributed by atoms with Gasteiger partial charge in [0.1, 0.15) is 0 Å². The van der Waals surface area contributed by atoms with Gasteiger partial charge < -0.3 is 15.5 Å². The predicted octanol–water partition coefficient (Wildman–Crippen LogP) is 5.10. The molecule has 0 aromatic heterocycles. The summed E-state index contributed by atoms with van der Waals surface area (Å²) in [7, 11) is 0. The molecule has 31 heavy (non-hydrogen) atoms. The average Bonchev–Trinajstić information content (AvgIpc) is 3.02. The normalized spacial score (nSPS) is 14.6. The number of benzene rings is 2. The second-order valence-corrected chi connectivity index (χ2v) is 9.29. The molecule has 2 amide bonds. The standard InChI is InChI=1S/C25H33N3O2S/c1-19-8-11-22(12-9-19)31-24-13-10-21(18-23(24)27-20(2)29)25(30)26-14-7-17-28-15-5-3-4-6-16-28/h8-13,18H,3-7,14-17H2,1-2H3,(H,26,30)(H,27,29). The summed E-state index contributed by atoms with van der Waals surface area (Å²) >= 11 is 1.57. The van der Waals surface area contributed by atoms with E-state index in [2.05, 4.69) is 46.7 Å². The van der Waals surface area contributed by atoms with Crippen LogP contribution < -0.4 is 10.6 Å². The maximum absolute atomic E-state index is 12.7. The molecule has 1 heterocycles. The Kier molecular flexibility index (Phi) is 8.98. The summed E-state index contributed by atoms with van der Waals surface area (Å²) < 4.78 is 0. The summed E-state index contributed by atoms with van der Waals surface area (Å²) in [4.78, 5) is 28.9. The van der Waals surface area contributed by atoms with Gasteiger partial charge in [-0.25, -0.2) is 0 Å². The number of likely N-dealkylation sites (tertiary alicyclic amines) is 1. The van der Waals surface area contributed by atoms with Gasteiger partial charge in [0, 0.05) is 28.8 Å². The third kappa shape index (κ3) is 7.71. The van der Waals surface area contributed by atoms with E-state index in [9.17, 15) is 9.59 Å². The van der Waals surface area contributed by atoms with Crippen molar-refractivity contribution in [2.45, 2.75) is 55.7 Å². The molecular weight excluding hydrogens is 406 g/mol. The van der Waals surface area contributed by atoms with Gasteiger partial charge in [0.05, 0.1) is 5.69 Å². The Bertz CT molecular complexity index is 875. The van der Waals surface area contributed by atoms with E-state index in [4.69, 9.17) is 0 Å². The molecule has 1 aliphatic heterocycles. The van der Waals surface area contributed by atoms with Gasteiger partial charge in [0.25, 0.3) is 5.91 Å². The molecule has 0 unspecified atom stereocenters. The Morgan fingerprint density at radius 1 is 1.00 bits per heavy atom. The quantitative estimate of drug-likeness (QED) is 0.562. The smallest absolute Gasteiger partial charge is 0.251 e. The van der Waals surface area contributed by atoms with Crippen LogP contribution in [0.3, 0.4) is 0 Å². The van der Waals surface area contributed by atoms with E-state index < -0.39 is 0 Å². The van der Waals surface area contributed by atoms with Crippen LogP contribution in [0.1, 0.15) is 54.9 Å². The SMILES string of the molecule is CC(=O)Nc1cc(C(=O)NCCCN2CCCCCC2)ccc1Sc1ccc(C)cc1. The zero-order valence-corrected chi connectivity index (χ0v) is 19.4. The summed E-state index contributed by atoms with van der Waals surface area (Å²) in [5.74, 6) is -0.255. The maximum Gasteiger partial charge on any atom is 0.251 e. The zero-order chi connectivity index (χ0) is 22.1. The minimum Gasteiger partial charge on any atom is -0.352 e. The van der Waals surface area contributed by atoms with Gasteiger partial charge in [-0.1, -0.05) is 42.3 Å². The third-order valence-corrected chi connectivity index (χ3v) is 6.52. The minimum atomic E-state index is -0.152. The van der Waals surface area contributed by atoms with Gasteiger partial charge >= 0.3 is 0 Å². The molecular formula is C25H33N3O2S. The van der Waals surface area contributed by atoms with E-state index in [0.717, 1.165) is 22.8 Å². The van der Waals surface area contributed by atoms with Gasteiger partial charge in [-0.2, -0.15) is 0 Å². The number of anilines is 1. The van der Waals surface area contributed by atoms with Gasteiger partial charge in [0.2, 0.25) is 5.91 Å². The van der Waals surface area contributed by atoms with E-state index in [1.54, 1.807) is 17.8 Å². The fourth-order valence-electron chi connectivity index (χ4n) is 3.75. The molecule has 5 nitrogen and oxygen atoms in total. The first kappa shape index (κ1) is 23.4. The zero-order valence-electron chi connectivity index (χ0n) is 18.6. The van der Waals surface area contributed by atoms with Crippen LogP contribution in [0.15, 0.2) is 52.3 Å². The van der Waals surface area contributed by atoms with Crippen LogP contribution in [0.25, 0.3) is 0 Å². The summed E-state index contributed by atoms with van der Waals surface area (Å²) in [5, 5.41) is 5.90. The second kappa shape index (κ2) is 11.9. The molecule has 0 saturated carbocycles. The fraction of sp³-hybridized carbons (Fsp3) is 0.440. The van der Waals surface area contributed by atoms with Crippen LogP contribution in [-0.2, 0) is 4.79 Å². The number of nitrogens with one attached hydrogen (secondary N) is 2. The number of hydrogen-bond donors (Lipinski definition) is 2. The topological polar surface area (TPSA) is 61.4 Å². The lowest BCUT2D eigenvalue weighted by molar-refractivity contribution is -0.114. The number of carbonyl (C=O) groups excluding carboxylic acids is 2. The van der Waals surface area contributed by atoms with Crippen LogP contribution in [0.4, 0.5) is 5.69 Å². The predicted molar refractivity (Wildman–Crippen MR) is 128 cm³/mol. The van der Waals surface area contributed by atoms with Gasteiger partial charge in [0.15, 0.2) is 0 Å². The number of carbonyl (C=O) groups is 2. The molecule has 2 aromatic carbocycles. The first-order valence-corrected chi connectivity index (χ1v) is 12.0. The number of aryl methyl sites for hydroxylation is 1. The highest BCUT2D eigenvalue weighted by Gasteiger charge is 2.13. The lowest BCUT2D eigenvalue weighted by atomic mass is 10.2. The summed E-state index contributed by atoms with van der Waals surface area (Å²) in [6.45, 7) is 7.57. The van der Waals surface area contributed by atoms with Gasteiger partial charge in [-0.05, 0) is 76.2 Å². The highest BCUT2D eigenvalue weighted by molar-refractivity contribution is 7.99. The highest BCUT2D eigenvalue weighted by atomic mass is 32.2. The van der Waals surface area contributed by atoms with Crippen molar-refractivity contribution in [2.24, 2.45) is 0 Å². The van der Waals surface area contributed by atoms with E-state index in [1.807, 2.05) is 12.1 Å². The van der Waals surface area contributed by atoms with Crippen molar-refractivity contribution in [1.29, 1.82) is 0 Å². The van der Waals surface area contributed by atoms with Crippen molar-refractivity contribution >= 4 is 29.3 Å². The van der Waals surface area contributed by atoms with E-state index in [0.29, 0.717) is 17.8 Å². The lowest BCUT2D eigenvalue weighted by Crippen LogP contribution is -2.30. The first-order valence-electron chi connectivity index (χ1n) is 11.2. The van der Waals surface area contributed by atoms with E-state index in [-0.39, 0.29) is 11.8 Å². The van der Waals surface area contributed by atoms with Crippen molar-refractivity contribution in [1.82, 2.24) is 10.2 Å². The Labute approximate surface area is 190 Å². The Balaban J connectivity index is 1.58. The molecule has 2 N–H and O–H groups in total. The molecule has 0 radical (unpaired) electrons. The molecule has 1 saturated heterocycles. The van der Waals surface area contributed by atoms with Crippen LogP contribution in [0, 0.1) is 6.92 Å². The molecule has 1 aliphatic rings. The minimum absolute atomic E-state index is 0.102. The van der Waals surface area contributed by atoms with Crippen molar-refractivity contribution in [3.63, 3.8) is 0 Å². The van der Waals surface area contributed by atoms with Gasteiger partial charge in [-0.15, -0.1) is 0 Å². The van der Waals surface area contributed by atoms with Crippen LogP contribution in [0.5, 0.6) is 0 Å². The average molecular weight is 440 g/mol. The van der Waals surface area contributed by atoms with Crippen molar-refractivity contribution in [3.05, 3.63) is 53.6 Å².